The largest absolute Gasteiger partial charge is 0.496 e. The van der Waals surface area contributed by atoms with Crippen LogP contribution in [0.2, 0.25) is 0 Å². The average molecular weight is 250 g/mol. The lowest BCUT2D eigenvalue weighted by Crippen LogP contribution is -2.14. The summed E-state index contributed by atoms with van der Waals surface area (Å²) in [6.07, 6.45) is -4.67. The SMILES string of the molecule is COc1cc([N+](=O)[O-])cc(CN)c1C(F)(F)F. The van der Waals surface area contributed by atoms with Crippen LogP contribution in [0.25, 0.3) is 0 Å². The smallest absolute Gasteiger partial charge is 0.420 e. The fourth-order valence-corrected chi connectivity index (χ4v) is 1.41. The van der Waals surface area contributed by atoms with Crippen molar-refractivity contribution in [3.63, 3.8) is 0 Å². The van der Waals surface area contributed by atoms with Gasteiger partial charge < -0.3 is 10.5 Å². The van der Waals surface area contributed by atoms with Crippen molar-refractivity contribution in [2.24, 2.45) is 5.73 Å². The summed E-state index contributed by atoms with van der Waals surface area (Å²) < 4.78 is 42.7. The standard InChI is InChI=1S/C9H9F3N2O3/c1-17-7-3-6(14(15)16)2-5(4-13)8(7)9(10,11)12/h2-3H,4,13H2,1H3. The third-order valence-electron chi connectivity index (χ3n) is 2.10. The van der Waals surface area contributed by atoms with Gasteiger partial charge in [0.05, 0.1) is 18.1 Å². The van der Waals surface area contributed by atoms with E-state index in [-0.39, 0.29) is 5.56 Å². The van der Waals surface area contributed by atoms with Gasteiger partial charge in [0.25, 0.3) is 5.69 Å². The molecule has 17 heavy (non-hydrogen) atoms. The Morgan fingerprint density at radius 2 is 2.06 bits per heavy atom. The molecule has 0 aliphatic rings. The maximum absolute atomic E-state index is 12.7. The summed E-state index contributed by atoms with van der Waals surface area (Å²) in [4.78, 5) is 9.72. The van der Waals surface area contributed by atoms with Crippen molar-refractivity contribution in [1.29, 1.82) is 0 Å². The normalized spacial score (nSPS) is 11.4. The molecular weight excluding hydrogens is 241 g/mol. The number of non-ortho nitro benzene ring substituents is 1. The first kappa shape index (κ1) is 13.2. The van der Waals surface area contributed by atoms with Crippen LogP contribution in [0, 0.1) is 10.1 Å². The Kier molecular flexibility index (Phi) is 3.56. The van der Waals surface area contributed by atoms with E-state index in [4.69, 9.17) is 5.73 Å². The Hall–Kier alpha value is -1.83. The lowest BCUT2D eigenvalue weighted by atomic mass is 10.0. The Labute approximate surface area is 94.1 Å². The van der Waals surface area contributed by atoms with Gasteiger partial charge in [0, 0.05) is 12.6 Å². The molecule has 94 valence electrons. The Morgan fingerprint density at radius 1 is 1.47 bits per heavy atom. The number of hydrogen-bond donors (Lipinski definition) is 1. The molecule has 0 aliphatic heterocycles. The van der Waals surface area contributed by atoms with E-state index >= 15 is 0 Å². The number of benzene rings is 1. The number of methoxy groups -OCH3 is 1. The van der Waals surface area contributed by atoms with Gasteiger partial charge in [-0.2, -0.15) is 13.2 Å². The number of nitro groups is 1. The van der Waals surface area contributed by atoms with Crippen LogP contribution in [0.3, 0.4) is 0 Å². The monoisotopic (exact) mass is 250 g/mol. The van der Waals surface area contributed by atoms with E-state index < -0.39 is 34.6 Å². The van der Waals surface area contributed by atoms with Crippen LogP contribution < -0.4 is 10.5 Å². The average Bonchev–Trinajstić information content (AvgIpc) is 2.25. The molecular formula is C9H9F3N2O3. The highest BCUT2D eigenvalue weighted by Gasteiger charge is 2.38. The molecule has 0 atom stereocenters. The van der Waals surface area contributed by atoms with E-state index in [1.54, 1.807) is 0 Å². The first-order valence-corrected chi connectivity index (χ1v) is 4.43. The number of hydrogen-bond acceptors (Lipinski definition) is 4. The predicted molar refractivity (Wildman–Crippen MR) is 52.5 cm³/mol. The second kappa shape index (κ2) is 4.58. The summed E-state index contributed by atoms with van der Waals surface area (Å²) in [5.74, 6) is -0.604. The van der Waals surface area contributed by atoms with E-state index in [0.717, 1.165) is 19.2 Å². The van der Waals surface area contributed by atoms with E-state index in [1.165, 1.54) is 0 Å². The lowest BCUT2D eigenvalue weighted by Gasteiger charge is -2.15. The van der Waals surface area contributed by atoms with E-state index in [1.807, 2.05) is 0 Å². The van der Waals surface area contributed by atoms with Crippen LogP contribution in [-0.2, 0) is 12.7 Å². The third kappa shape index (κ3) is 2.64. The molecule has 0 unspecified atom stereocenters. The van der Waals surface area contributed by atoms with Crippen molar-refractivity contribution in [2.45, 2.75) is 12.7 Å². The zero-order chi connectivity index (χ0) is 13.2. The topological polar surface area (TPSA) is 78.4 Å². The van der Waals surface area contributed by atoms with Crippen LogP contribution in [0.5, 0.6) is 5.75 Å². The number of halogens is 3. The number of nitro benzene ring substituents is 1. The fraction of sp³-hybridized carbons (Fsp3) is 0.333. The number of rotatable bonds is 3. The zero-order valence-corrected chi connectivity index (χ0v) is 8.75. The highest BCUT2D eigenvalue weighted by molar-refractivity contribution is 5.51. The molecule has 0 amide bonds. The highest BCUT2D eigenvalue weighted by Crippen LogP contribution is 2.40. The van der Waals surface area contributed by atoms with Gasteiger partial charge in [0.1, 0.15) is 11.3 Å². The Balaban J connectivity index is 3.53. The minimum absolute atomic E-state index is 0.372. The minimum atomic E-state index is -4.67. The lowest BCUT2D eigenvalue weighted by molar-refractivity contribution is -0.385. The summed E-state index contributed by atoms with van der Waals surface area (Å²) in [5.41, 5.74) is 3.22. The predicted octanol–water partition coefficient (Wildman–Crippen LogP) is 2.08. The van der Waals surface area contributed by atoms with Crippen molar-refractivity contribution in [3.8, 4) is 5.75 Å². The van der Waals surface area contributed by atoms with Gasteiger partial charge in [-0.15, -0.1) is 0 Å². The summed E-state index contributed by atoms with van der Waals surface area (Å²) in [7, 11) is 1.01. The number of nitrogens with two attached hydrogens (primary N) is 1. The van der Waals surface area contributed by atoms with E-state index in [9.17, 15) is 23.3 Å². The molecule has 5 nitrogen and oxygen atoms in total. The molecule has 0 bridgehead atoms. The molecule has 8 heteroatoms. The van der Waals surface area contributed by atoms with E-state index in [2.05, 4.69) is 4.74 Å². The van der Waals surface area contributed by atoms with Crippen LogP contribution in [-0.4, -0.2) is 12.0 Å². The van der Waals surface area contributed by atoms with Gasteiger partial charge in [0.15, 0.2) is 0 Å². The Morgan fingerprint density at radius 3 is 2.41 bits per heavy atom. The highest BCUT2D eigenvalue weighted by atomic mass is 19.4. The molecule has 0 fully saturated rings. The summed E-state index contributed by atoms with van der Waals surface area (Å²) >= 11 is 0. The first-order valence-electron chi connectivity index (χ1n) is 4.43. The first-order chi connectivity index (χ1) is 7.81. The second-order valence-electron chi connectivity index (χ2n) is 3.14. The molecule has 0 aromatic heterocycles. The van der Waals surface area contributed by atoms with Gasteiger partial charge in [-0.3, -0.25) is 10.1 Å². The molecule has 0 aliphatic carbocycles. The molecule has 2 N–H and O–H groups in total. The molecule has 0 heterocycles. The van der Waals surface area contributed by atoms with Crippen molar-refractivity contribution >= 4 is 5.69 Å². The summed E-state index contributed by atoms with van der Waals surface area (Å²) in [6, 6.07) is 1.52. The molecule has 1 aromatic carbocycles. The molecule has 0 spiro atoms. The van der Waals surface area contributed by atoms with Crippen molar-refractivity contribution in [1.82, 2.24) is 0 Å². The minimum Gasteiger partial charge on any atom is -0.496 e. The van der Waals surface area contributed by atoms with Gasteiger partial charge in [-0.25, -0.2) is 0 Å². The maximum Gasteiger partial charge on any atom is 0.420 e. The van der Waals surface area contributed by atoms with Gasteiger partial charge in [-0.05, 0) is 5.56 Å². The van der Waals surface area contributed by atoms with Gasteiger partial charge in [0.2, 0.25) is 0 Å². The molecule has 0 saturated carbocycles. The third-order valence-corrected chi connectivity index (χ3v) is 2.10. The second-order valence-corrected chi connectivity index (χ2v) is 3.14. The zero-order valence-electron chi connectivity index (χ0n) is 8.75. The number of nitrogens with zero attached hydrogens (tertiary/aromatic N) is 1. The maximum atomic E-state index is 12.7. The van der Waals surface area contributed by atoms with Gasteiger partial charge in [-0.1, -0.05) is 0 Å². The van der Waals surface area contributed by atoms with E-state index in [0.29, 0.717) is 0 Å². The van der Waals surface area contributed by atoms with Crippen molar-refractivity contribution in [3.05, 3.63) is 33.4 Å². The summed E-state index contributed by atoms with van der Waals surface area (Å²) in [6.45, 7) is -0.465. The Bertz CT molecular complexity index is 421. The number of ether oxygens (including phenoxy) is 1. The molecule has 1 aromatic rings. The van der Waals surface area contributed by atoms with Crippen LogP contribution >= 0.6 is 0 Å². The van der Waals surface area contributed by atoms with Crippen LogP contribution in [0.4, 0.5) is 18.9 Å². The molecule has 0 radical (unpaired) electrons. The number of alkyl halides is 3. The molecule has 0 saturated heterocycles. The molecule has 1 rings (SSSR count). The quantitative estimate of drug-likeness (QED) is 0.658. The van der Waals surface area contributed by atoms with Gasteiger partial charge >= 0.3 is 6.18 Å². The van der Waals surface area contributed by atoms with Crippen LogP contribution in [0.15, 0.2) is 12.1 Å². The van der Waals surface area contributed by atoms with Crippen molar-refractivity contribution < 1.29 is 22.8 Å². The summed E-state index contributed by atoms with van der Waals surface area (Å²) in [5, 5.41) is 10.5. The fourth-order valence-electron chi connectivity index (χ4n) is 1.41. The van der Waals surface area contributed by atoms with Crippen molar-refractivity contribution in [2.75, 3.05) is 7.11 Å². The van der Waals surface area contributed by atoms with Crippen LogP contribution in [0.1, 0.15) is 11.1 Å².